The minimum absolute atomic E-state index is 0.153. The van der Waals surface area contributed by atoms with Crippen molar-refractivity contribution < 1.29 is 23.8 Å². The van der Waals surface area contributed by atoms with Crippen molar-refractivity contribution in [3.05, 3.63) is 53.3 Å². The number of carbonyl (C=O) groups is 2. The normalized spacial score (nSPS) is 10.4. The summed E-state index contributed by atoms with van der Waals surface area (Å²) in [6.45, 7) is -0.444. The number of benzene rings is 1. The molecule has 8 heteroatoms. The van der Waals surface area contributed by atoms with E-state index in [9.17, 15) is 9.59 Å². The number of anilines is 1. The first-order valence-electron chi connectivity index (χ1n) is 7.50. The molecule has 1 aromatic carbocycles. The van der Waals surface area contributed by atoms with Crippen molar-refractivity contribution in [3.63, 3.8) is 0 Å². The molecule has 0 saturated carbocycles. The molecule has 0 saturated heterocycles. The van der Waals surface area contributed by atoms with Gasteiger partial charge in [-0.05, 0) is 35.9 Å². The van der Waals surface area contributed by atoms with Crippen LogP contribution in [-0.4, -0.2) is 37.7 Å². The first-order chi connectivity index (χ1) is 12.5. The molecule has 0 unspecified atom stereocenters. The summed E-state index contributed by atoms with van der Waals surface area (Å²) in [5, 5.41) is 2.66. The molecule has 0 aliphatic heterocycles. The van der Waals surface area contributed by atoms with Gasteiger partial charge in [-0.2, -0.15) is 0 Å². The Bertz CT molecular complexity index is 823. The fourth-order valence-corrected chi connectivity index (χ4v) is 2.14. The maximum atomic E-state index is 11.8. The largest absolute Gasteiger partial charge is 0.493 e. The van der Waals surface area contributed by atoms with Crippen LogP contribution in [0.1, 0.15) is 5.56 Å². The Labute approximate surface area is 155 Å². The molecule has 0 spiro atoms. The number of pyridine rings is 1. The first-order valence-corrected chi connectivity index (χ1v) is 7.88. The van der Waals surface area contributed by atoms with Gasteiger partial charge in [0.1, 0.15) is 0 Å². The van der Waals surface area contributed by atoms with Crippen LogP contribution in [0.2, 0.25) is 5.15 Å². The van der Waals surface area contributed by atoms with Crippen LogP contribution in [0.5, 0.6) is 11.5 Å². The number of amides is 1. The second kappa shape index (κ2) is 9.43. The fourth-order valence-electron chi connectivity index (χ4n) is 1.97. The van der Waals surface area contributed by atoms with Gasteiger partial charge in [0.05, 0.1) is 19.9 Å². The van der Waals surface area contributed by atoms with Gasteiger partial charge in [0.25, 0.3) is 5.91 Å². The van der Waals surface area contributed by atoms with Crippen LogP contribution >= 0.6 is 11.6 Å². The van der Waals surface area contributed by atoms with Crippen LogP contribution in [0, 0.1) is 0 Å². The lowest BCUT2D eigenvalue weighted by molar-refractivity contribution is -0.142. The number of methoxy groups -OCH3 is 2. The van der Waals surface area contributed by atoms with Crippen LogP contribution in [0.4, 0.5) is 5.69 Å². The van der Waals surface area contributed by atoms with E-state index in [2.05, 4.69) is 10.3 Å². The highest BCUT2D eigenvalue weighted by Crippen LogP contribution is 2.27. The maximum Gasteiger partial charge on any atom is 0.331 e. The lowest BCUT2D eigenvalue weighted by Crippen LogP contribution is -2.20. The molecule has 1 N–H and O–H groups in total. The summed E-state index contributed by atoms with van der Waals surface area (Å²) in [5.41, 5.74) is 1.06. The van der Waals surface area contributed by atoms with Gasteiger partial charge < -0.3 is 19.5 Å². The van der Waals surface area contributed by atoms with E-state index in [0.717, 1.165) is 0 Å². The monoisotopic (exact) mass is 376 g/mol. The van der Waals surface area contributed by atoms with Crippen LogP contribution in [-0.2, 0) is 14.3 Å². The number of halogens is 1. The molecule has 0 bridgehead atoms. The third kappa shape index (κ3) is 5.49. The molecular weight excluding hydrogens is 360 g/mol. The number of aromatic nitrogens is 1. The number of hydrogen-bond donors (Lipinski definition) is 1. The van der Waals surface area contributed by atoms with E-state index >= 15 is 0 Å². The second-order valence-corrected chi connectivity index (χ2v) is 5.30. The van der Waals surface area contributed by atoms with Crippen molar-refractivity contribution in [1.29, 1.82) is 0 Å². The van der Waals surface area contributed by atoms with Crippen molar-refractivity contribution in [2.45, 2.75) is 0 Å². The summed E-state index contributed by atoms with van der Waals surface area (Å²) in [4.78, 5) is 27.3. The predicted molar refractivity (Wildman–Crippen MR) is 97.4 cm³/mol. The Morgan fingerprint density at radius 3 is 2.65 bits per heavy atom. The molecule has 0 aliphatic carbocycles. The molecule has 0 fully saturated rings. The van der Waals surface area contributed by atoms with E-state index < -0.39 is 18.5 Å². The van der Waals surface area contributed by atoms with E-state index in [1.165, 1.54) is 26.5 Å². The number of rotatable bonds is 7. The highest BCUT2D eigenvalue weighted by Gasteiger charge is 2.08. The molecule has 0 atom stereocenters. The van der Waals surface area contributed by atoms with E-state index in [1.807, 2.05) is 0 Å². The average molecular weight is 377 g/mol. The molecule has 0 radical (unpaired) electrons. The third-order valence-electron chi connectivity index (χ3n) is 3.20. The van der Waals surface area contributed by atoms with Crippen molar-refractivity contribution in [3.8, 4) is 11.5 Å². The van der Waals surface area contributed by atoms with E-state index in [4.69, 9.17) is 25.8 Å². The van der Waals surface area contributed by atoms with E-state index in [-0.39, 0.29) is 5.15 Å². The smallest absolute Gasteiger partial charge is 0.331 e. The molecule has 2 aromatic rings. The number of nitrogens with zero attached hydrogens (tertiary/aromatic N) is 1. The summed E-state index contributed by atoms with van der Waals surface area (Å²) in [5.74, 6) is -0.0614. The molecule has 7 nitrogen and oxygen atoms in total. The van der Waals surface area contributed by atoms with Gasteiger partial charge in [-0.3, -0.25) is 4.79 Å². The van der Waals surface area contributed by atoms with Gasteiger partial charge in [0, 0.05) is 12.3 Å². The SMILES string of the molecule is COc1ccc(/C=C/C(=O)OCC(=O)Nc2cccnc2Cl)cc1OC. The third-order valence-corrected chi connectivity index (χ3v) is 3.50. The summed E-state index contributed by atoms with van der Waals surface area (Å²) in [6, 6.07) is 8.39. The maximum absolute atomic E-state index is 11.8. The summed E-state index contributed by atoms with van der Waals surface area (Å²) < 4.78 is 15.2. The Morgan fingerprint density at radius 2 is 1.96 bits per heavy atom. The molecule has 1 aromatic heterocycles. The quantitative estimate of drug-likeness (QED) is 0.454. The molecule has 0 aliphatic rings. The van der Waals surface area contributed by atoms with Crippen molar-refractivity contribution in [1.82, 2.24) is 4.98 Å². The Hall–Kier alpha value is -3.06. The Kier molecular flexibility index (Phi) is 6.99. The molecule has 1 heterocycles. The zero-order valence-electron chi connectivity index (χ0n) is 14.2. The van der Waals surface area contributed by atoms with Crippen LogP contribution in [0.15, 0.2) is 42.6 Å². The van der Waals surface area contributed by atoms with Gasteiger partial charge in [0.15, 0.2) is 23.3 Å². The number of hydrogen-bond acceptors (Lipinski definition) is 6. The molecule has 26 heavy (non-hydrogen) atoms. The number of carbonyl (C=O) groups excluding carboxylic acids is 2. The van der Waals surface area contributed by atoms with Gasteiger partial charge in [0.2, 0.25) is 0 Å². The first kappa shape index (κ1) is 19.3. The van der Waals surface area contributed by atoms with Crippen molar-refractivity contribution in [2.24, 2.45) is 0 Å². The minimum atomic E-state index is -0.660. The van der Waals surface area contributed by atoms with Gasteiger partial charge in [-0.25, -0.2) is 9.78 Å². The van der Waals surface area contributed by atoms with Gasteiger partial charge >= 0.3 is 5.97 Å². The van der Waals surface area contributed by atoms with E-state index in [0.29, 0.717) is 22.7 Å². The van der Waals surface area contributed by atoms with Crippen molar-refractivity contribution in [2.75, 3.05) is 26.1 Å². The zero-order chi connectivity index (χ0) is 18.9. The van der Waals surface area contributed by atoms with Crippen molar-refractivity contribution >= 4 is 35.2 Å². The minimum Gasteiger partial charge on any atom is -0.493 e. The van der Waals surface area contributed by atoms with Gasteiger partial charge in [-0.15, -0.1) is 0 Å². The fraction of sp³-hybridized carbons (Fsp3) is 0.167. The summed E-state index contributed by atoms with van der Waals surface area (Å²) >= 11 is 5.83. The molecule has 136 valence electrons. The highest BCUT2D eigenvalue weighted by molar-refractivity contribution is 6.32. The molecular formula is C18H17ClN2O5. The molecule has 2 rings (SSSR count). The standard InChI is InChI=1S/C18H17ClN2O5/c1-24-14-7-5-12(10-15(14)25-2)6-8-17(23)26-11-16(22)21-13-4-3-9-20-18(13)19/h3-10H,11H2,1-2H3,(H,21,22)/b8-6+. The van der Waals surface area contributed by atoms with Crippen LogP contribution in [0.25, 0.3) is 6.08 Å². The predicted octanol–water partition coefficient (Wildman–Crippen LogP) is 2.95. The van der Waals surface area contributed by atoms with Crippen LogP contribution in [0.3, 0.4) is 0 Å². The number of nitrogens with one attached hydrogen (secondary N) is 1. The Balaban J connectivity index is 1.87. The zero-order valence-corrected chi connectivity index (χ0v) is 14.9. The highest BCUT2D eigenvalue weighted by atomic mass is 35.5. The second-order valence-electron chi connectivity index (χ2n) is 4.95. The van der Waals surface area contributed by atoms with Gasteiger partial charge in [-0.1, -0.05) is 17.7 Å². The topological polar surface area (TPSA) is 86.8 Å². The number of esters is 1. The summed E-state index contributed by atoms with van der Waals surface area (Å²) in [7, 11) is 3.06. The number of ether oxygens (including phenoxy) is 3. The molecule has 1 amide bonds. The lowest BCUT2D eigenvalue weighted by Gasteiger charge is -2.07. The lowest BCUT2D eigenvalue weighted by atomic mass is 10.2. The van der Waals surface area contributed by atoms with E-state index in [1.54, 1.807) is 36.4 Å². The Morgan fingerprint density at radius 1 is 1.19 bits per heavy atom. The average Bonchev–Trinajstić information content (AvgIpc) is 2.66. The van der Waals surface area contributed by atoms with Crippen LogP contribution < -0.4 is 14.8 Å². The summed E-state index contributed by atoms with van der Waals surface area (Å²) in [6.07, 6.45) is 4.25.